The van der Waals surface area contributed by atoms with Gasteiger partial charge in [-0.1, -0.05) is 46.3 Å². The lowest BCUT2D eigenvalue weighted by Gasteiger charge is -2.06. The summed E-state index contributed by atoms with van der Waals surface area (Å²) in [6, 6.07) is 13.1. The molecule has 0 amide bonds. The van der Waals surface area contributed by atoms with Gasteiger partial charge in [-0.25, -0.2) is 0 Å². The normalized spacial score (nSPS) is 16.1. The van der Waals surface area contributed by atoms with Gasteiger partial charge >= 0.3 is 0 Å². The van der Waals surface area contributed by atoms with E-state index in [1.165, 1.54) is 33.7 Å². The molecule has 0 aliphatic heterocycles. The molecule has 0 unspecified atom stereocenters. The van der Waals surface area contributed by atoms with Crippen LogP contribution in [0.4, 0.5) is 0 Å². The summed E-state index contributed by atoms with van der Waals surface area (Å²) in [6.45, 7) is 0. The van der Waals surface area contributed by atoms with E-state index in [2.05, 4.69) is 52.3 Å². The highest BCUT2D eigenvalue weighted by Gasteiger charge is 2.25. The number of hydrogen-bond donors (Lipinski definition) is 0. The predicted molar refractivity (Wildman–Crippen MR) is 63.6 cm³/mol. The summed E-state index contributed by atoms with van der Waals surface area (Å²) in [5, 5.41) is 2.77. The molecule has 0 saturated heterocycles. The third-order valence-electron chi connectivity index (χ3n) is 2.92. The van der Waals surface area contributed by atoms with Gasteiger partial charge in [-0.15, -0.1) is 0 Å². The standard InChI is InChI=1S/C13H11Br/c14-13-8-7-10(9-5-6-9)11-3-1-2-4-12(11)13/h1-4,7-9H,5-6H2. The molecule has 3 rings (SSSR count). The smallest absolute Gasteiger partial charge is 0.0253 e. The number of fused-ring (bicyclic) bond motifs is 1. The van der Waals surface area contributed by atoms with Crippen molar-refractivity contribution < 1.29 is 0 Å². The van der Waals surface area contributed by atoms with Crippen molar-refractivity contribution in [2.45, 2.75) is 18.8 Å². The van der Waals surface area contributed by atoms with Crippen LogP contribution >= 0.6 is 15.9 Å². The van der Waals surface area contributed by atoms with Crippen molar-refractivity contribution in [1.82, 2.24) is 0 Å². The zero-order valence-electron chi connectivity index (χ0n) is 7.83. The van der Waals surface area contributed by atoms with Crippen LogP contribution in [0.25, 0.3) is 10.8 Å². The third kappa shape index (κ3) is 1.27. The molecule has 0 radical (unpaired) electrons. The largest absolute Gasteiger partial charge is 0.0616 e. The van der Waals surface area contributed by atoms with Gasteiger partial charge in [0.15, 0.2) is 0 Å². The van der Waals surface area contributed by atoms with Crippen LogP contribution in [0.1, 0.15) is 24.3 Å². The topological polar surface area (TPSA) is 0 Å². The van der Waals surface area contributed by atoms with Crippen molar-refractivity contribution in [1.29, 1.82) is 0 Å². The van der Waals surface area contributed by atoms with E-state index in [1.807, 2.05) is 0 Å². The van der Waals surface area contributed by atoms with E-state index in [1.54, 1.807) is 0 Å². The molecule has 0 heterocycles. The van der Waals surface area contributed by atoms with Crippen LogP contribution < -0.4 is 0 Å². The van der Waals surface area contributed by atoms with E-state index in [-0.39, 0.29) is 0 Å². The van der Waals surface area contributed by atoms with E-state index >= 15 is 0 Å². The van der Waals surface area contributed by atoms with Gasteiger partial charge in [-0.3, -0.25) is 0 Å². The molecule has 1 fully saturated rings. The highest BCUT2D eigenvalue weighted by atomic mass is 79.9. The van der Waals surface area contributed by atoms with Gasteiger partial charge in [0.2, 0.25) is 0 Å². The molecule has 1 heteroatoms. The summed E-state index contributed by atoms with van der Waals surface area (Å²) >= 11 is 3.60. The van der Waals surface area contributed by atoms with Crippen LogP contribution in [-0.4, -0.2) is 0 Å². The molecule has 1 aliphatic rings. The second-order valence-corrected chi connectivity index (χ2v) is 4.81. The minimum Gasteiger partial charge on any atom is -0.0616 e. The fourth-order valence-corrected chi connectivity index (χ4v) is 2.51. The summed E-state index contributed by atoms with van der Waals surface area (Å²) in [5.41, 5.74) is 1.53. The second-order valence-electron chi connectivity index (χ2n) is 3.96. The summed E-state index contributed by atoms with van der Waals surface area (Å²) in [7, 11) is 0. The minimum atomic E-state index is 0.827. The Morgan fingerprint density at radius 3 is 2.36 bits per heavy atom. The summed E-state index contributed by atoms with van der Waals surface area (Å²) < 4.78 is 1.21. The van der Waals surface area contributed by atoms with Crippen molar-refractivity contribution in [2.24, 2.45) is 0 Å². The Kier molecular flexibility index (Phi) is 1.88. The molecular formula is C13H11Br. The quantitative estimate of drug-likeness (QED) is 0.696. The van der Waals surface area contributed by atoms with Crippen LogP contribution in [-0.2, 0) is 0 Å². The van der Waals surface area contributed by atoms with Gasteiger partial charge in [-0.2, -0.15) is 0 Å². The molecule has 0 atom stereocenters. The zero-order valence-corrected chi connectivity index (χ0v) is 9.42. The second kappa shape index (κ2) is 3.09. The van der Waals surface area contributed by atoms with Crippen LogP contribution in [0.15, 0.2) is 40.9 Å². The van der Waals surface area contributed by atoms with Gasteiger partial charge in [0, 0.05) is 4.47 Å². The molecule has 2 aromatic rings. The number of benzene rings is 2. The zero-order chi connectivity index (χ0) is 9.54. The summed E-state index contributed by atoms with van der Waals surface area (Å²) in [5.74, 6) is 0.827. The lowest BCUT2D eigenvalue weighted by atomic mass is 10.0. The molecule has 0 bridgehead atoms. The molecule has 2 aromatic carbocycles. The fourth-order valence-electron chi connectivity index (χ4n) is 2.04. The highest BCUT2D eigenvalue weighted by molar-refractivity contribution is 9.10. The van der Waals surface area contributed by atoms with E-state index in [4.69, 9.17) is 0 Å². The van der Waals surface area contributed by atoms with Crippen LogP contribution in [0.5, 0.6) is 0 Å². The van der Waals surface area contributed by atoms with E-state index < -0.39 is 0 Å². The number of halogens is 1. The lowest BCUT2D eigenvalue weighted by molar-refractivity contribution is 1.15. The maximum Gasteiger partial charge on any atom is 0.0253 e. The lowest BCUT2D eigenvalue weighted by Crippen LogP contribution is -1.83. The Labute approximate surface area is 92.1 Å². The van der Waals surface area contributed by atoms with Crippen molar-refractivity contribution in [3.05, 3.63) is 46.4 Å². The molecule has 14 heavy (non-hydrogen) atoms. The molecule has 1 saturated carbocycles. The maximum absolute atomic E-state index is 3.60. The number of rotatable bonds is 1. The van der Waals surface area contributed by atoms with Crippen molar-refractivity contribution in [3.63, 3.8) is 0 Å². The minimum absolute atomic E-state index is 0.827. The number of hydrogen-bond acceptors (Lipinski definition) is 0. The Balaban J connectivity index is 2.35. The van der Waals surface area contributed by atoms with Gasteiger partial charge in [0.1, 0.15) is 0 Å². The van der Waals surface area contributed by atoms with Crippen molar-refractivity contribution in [3.8, 4) is 0 Å². The first-order chi connectivity index (χ1) is 6.86. The van der Waals surface area contributed by atoms with E-state index in [0.717, 1.165) is 5.92 Å². The first-order valence-corrected chi connectivity index (χ1v) is 5.83. The first-order valence-electron chi connectivity index (χ1n) is 5.03. The Bertz CT molecular complexity index is 484. The van der Waals surface area contributed by atoms with E-state index in [0.29, 0.717) is 0 Å². The van der Waals surface area contributed by atoms with Crippen LogP contribution in [0.3, 0.4) is 0 Å². The van der Waals surface area contributed by atoms with Crippen LogP contribution in [0.2, 0.25) is 0 Å². The Morgan fingerprint density at radius 1 is 0.929 bits per heavy atom. The average Bonchev–Trinajstić information content (AvgIpc) is 3.03. The maximum atomic E-state index is 3.60. The average molecular weight is 247 g/mol. The van der Waals surface area contributed by atoms with Crippen LogP contribution in [0, 0.1) is 0 Å². The van der Waals surface area contributed by atoms with Gasteiger partial charge in [-0.05, 0) is 41.2 Å². The SMILES string of the molecule is Brc1ccc(C2CC2)c2ccccc12. The summed E-state index contributed by atoms with van der Waals surface area (Å²) in [6.07, 6.45) is 2.73. The first kappa shape index (κ1) is 8.49. The molecule has 0 aromatic heterocycles. The highest BCUT2D eigenvalue weighted by Crippen LogP contribution is 2.44. The van der Waals surface area contributed by atoms with Crippen molar-refractivity contribution in [2.75, 3.05) is 0 Å². The predicted octanol–water partition coefficient (Wildman–Crippen LogP) is 4.48. The third-order valence-corrected chi connectivity index (χ3v) is 3.61. The van der Waals surface area contributed by atoms with Crippen molar-refractivity contribution >= 4 is 26.7 Å². The molecule has 0 N–H and O–H groups in total. The molecule has 1 aliphatic carbocycles. The molecule has 0 spiro atoms. The molecular weight excluding hydrogens is 236 g/mol. The monoisotopic (exact) mass is 246 g/mol. The Hall–Kier alpha value is -0.820. The summed E-state index contributed by atoms with van der Waals surface area (Å²) in [4.78, 5) is 0. The fraction of sp³-hybridized carbons (Fsp3) is 0.231. The Morgan fingerprint density at radius 2 is 1.64 bits per heavy atom. The van der Waals surface area contributed by atoms with Gasteiger partial charge in [0.05, 0.1) is 0 Å². The van der Waals surface area contributed by atoms with Gasteiger partial charge < -0.3 is 0 Å². The molecule has 0 nitrogen and oxygen atoms in total. The van der Waals surface area contributed by atoms with Gasteiger partial charge in [0.25, 0.3) is 0 Å². The van der Waals surface area contributed by atoms with E-state index in [9.17, 15) is 0 Å². The molecule has 70 valence electrons.